The van der Waals surface area contributed by atoms with E-state index in [2.05, 4.69) is 42.3 Å². The Labute approximate surface area is 205 Å². The molecule has 2 fully saturated rings. The van der Waals surface area contributed by atoms with Gasteiger partial charge in [0, 0.05) is 35.0 Å². The minimum absolute atomic E-state index is 0.0501. The summed E-state index contributed by atoms with van der Waals surface area (Å²) in [6, 6.07) is 24.1. The van der Waals surface area contributed by atoms with E-state index in [1.165, 1.54) is 22.3 Å². The van der Waals surface area contributed by atoms with Gasteiger partial charge in [-0.3, -0.25) is 4.79 Å². The summed E-state index contributed by atoms with van der Waals surface area (Å²) in [6.45, 7) is 0.326. The van der Waals surface area contributed by atoms with Crippen molar-refractivity contribution in [3.63, 3.8) is 0 Å². The lowest BCUT2D eigenvalue weighted by molar-refractivity contribution is 0.0506. The largest absolute Gasteiger partial charge is 0.448 e. The Bertz CT molecular complexity index is 1280. The molecule has 3 aliphatic rings. The lowest BCUT2D eigenvalue weighted by atomic mass is 9.85. The first-order valence-electron chi connectivity index (χ1n) is 12.4. The van der Waals surface area contributed by atoms with E-state index in [-0.39, 0.29) is 35.8 Å². The maximum Gasteiger partial charge on any atom is 0.410 e. The number of fused-ring (bicyclic) bond motifs is 5. The molecule has 2 atom stereocenters. The van der Waals surface area contributed by atoms with Crippen LogP contribution in [0.25, 0.3) is 11.1 Å². The third-order valence-electron chi connectivity index (χ3n) is 7.99. The maximum absolute atomic E-state index is 13.3. The van der Waals surface area contributed by atoms with E-state index in [1.807, 2.05) is 41.3 Å². The fraction of sp³-hybridized carbons (Fsp3) is 0.290. The van der Waals surface area contributed by atoms with Crippen molar-refractivity contribution in [2.45, 2.75) is 43.7 Å². The van der Waals surface area contributed by atoms with Gasteiger partial charge in [-0.1, -0.05) is 66.6 Å². The number of hydrogen-bond acceptors (Lipinski definition) is 3. The Morgan fingerprint density at radius 3 is 2.00 bits per heavy atom. The molecule has 0 spiro atoms. The molecule has 0 saturated carbocycles. The average Bonchev–Trinajstić information content (AvgIpc) is 3.37. The summed E-state index contributed by atoms with van der Waals surface area (Å²) in [4.78, 5) is 28.3. The van der Waals surface area contributed by atoms with Gasteiger partial charge in [0.15, 0.2) is 5.78 Å². The van der Waals surface area contributed by atoms with Crippen LogP contribution in [0.3, 0.4) is 0 Å². The number of terminal acetylenes is 1. The molecule has 1 aliphatic carbocycles. The SMILES string of the molecule is C#Cc1ccc(C(=O)C2CC3CCC(C2)N3C(=O)OCC2c3ccccc3-c3ccccc32)cc1. The van der Waals surface area contributed by atoms with Gasteiger partial charge in [0.25, 0.3) is 0 Å². The van der Waals surface area contributed by atoms with Crippen LogP contribution in [0.2, 0.25) is 0 Å². The molecule has 3 aromatic carbocycles. The van der Waals surface area contributed by atoms with Crippen LogP contribution in [0.5, 0.6) is 0 Å². The average molecular weight is 462 g/mol. The molecule has 2 heterocycles. The molecule has 2 aliphatic heterocycles. The lowest BCUT2D eigenvalue weighted by Gasteiger charge is -2.37. The zero-order chi connectivity index (χ0) is 23.9. The van der Waals surface area contributed by atoms with E-state index < -0.39 is 0 Å². The van der Waals surface area contributed by atoms with Crippen molar-refractivity contribution in [1.29, 1.82) is 0 Å². The topological polar surface area (TPSA) is 46.6 Å². The number of ether oxygens (including phenoxy) is 1. The van der Waals surface area contributed by atoms with Gasteiger partial charge in [-0.25, -0.2) is 4.79 Å². The van der Waals surface area contributed by atoms with Crippen LogP contribution in [0, 0.1) is 18.3 Å². The van der Waals surface area contributed by atoms with Crippen molar-refractivity contribution in [1.82, 2.24) is 4.90 Å². The van der Waals surface area contributed by atoms with Gasteiger partial charge >= 0.3 is 6.09 Å². The third-order valence-corrected chi connectivity index (χ3v) is 7.99. The van der Waals surface area contributed by atoms with Crippen molar-refractivity contribution in [2.75, 3.05) is 6.61 Å². The van der Waals surface area contributed by atoms with Crippen molar-refractivity contribution in [2.24, 2.45) is 5.92 Å². The van der Waals surface area contributed by atoms with Gasteiger partial charge in [0.1, 0.15) is 6.61 Å². The van der Waals surface area contributed by atoms with E-state index in [0.29, 0.717) is 25.0 Å². The number of carbonyl (C=O) groups excluding carboxylic acids is 2. The van der Waals surface area contributed by atoms with Crippen LogP contribution < -0.4 is 0 Å². The summed E-state index contributed by atoms with van der Waals surface area (Å²) in [6.07, 6.45) is 8.42. The van der Waals surface area contributed by atoms with Gasteiger partial charge < -0.3 is 9.64 Å². The highest BCUT2D eigenvalue weighted by molar-refractivity contribution is 5.98. The van der Waals surface area contributed by atoms with Crippen LogP contribution in [0.15, 0.2) is 72.8 Å². The predicted octanol–water partition coefficient (Wildman–Crippen LogP) is 6.04. The minimum atomic E-state index is -0.247. The zero-order valence-corrected chi connectivity index (χ0v) is 19.5. The van der Waals surface area contributed by atoms with Gasteiger partial charge in [-0.15, -0.1) is 6.42 Å². The molecule has 0 N–H and O–H groups in total. The highest BCUT2D eigenvalue weighted by Crippen LogP contribution is 2.45. The number of rotatable bonds is 4. The summed E-state index contributed by atoms with van der Waals surface area (Å²) >= 11 is 0. The molecule has 2 saturated heterocycles. The summed E-state index contributed by atoms with van der Waals surface area (Å²) in [5, 5.41) is 0. The number of Topliss-reactive ketones (excluding diaryl/α,β-unsaturated/α-hetero) is 1. The molecule has 0 radical (unpaired) electrons. The van der Waals surface area contributed by atoms with E-state index in [0.717, 1.165) is 18.4 Å². The molecule has 1 amide bonds. The number of nitrogens with zero attached hydrogens (tertiary/aromatic N) is 1. The lowest BCUT2D eigenvalue weighted by Crippen LogP contribution is -2.48. The van der Waals surface area contributed by atoms with Gasteiger partial charge in [-0.2, -0.15) is 0 Å². The van der Waals surface area contributed by atoms with Gasteiger partial charge in [0.2, 0.25) is 0 Å². The Kier molecular flexibility index (Phi) is 5.41. The van der Waals surface area contributed by atoms with E-state index in [4.69, 9.17) is 11.2 Å². The number of amides is 1. The second kappa shape index (κ2) is 8.74. The van der Waals surface area contributed by atoms with Gasteiger partial charge in [0.05, 0.1) is 0 Å². The molecule has 35 heavy (non-hydrogen) atoms. The summed E-state index contributed by atoms with van der Waals surface area (Å²) in [7, 11) is 0. The molecule has 2 unspecified atom stereocenters. The van der Waals surface area contributed by atoms with Crippen LogP contribution in [-0.4, -0.2) is 35.5 Å². The Morgan fingerprint density at radius 1 is 0.857 bits per heavy atom. The van der Waals surface area contributed by atoms with Crippen LogP contribution >= 0.6 is 0 Å². The van der Waals surface area contributed by atoms with E-state index in [9.17, 15) is 9.59 Å². The summed E-state index contributed by atoms with van der Waals surface area (Å²) in [5.41, 5.74) is 6.33. The van der Waals surface area contributed by atoms with Crippen molar-refractivity contribution in [3.05, 3.63) is 95.1 Å². The predicted molar refractivity (Wildman–Crippen MR) is 135 cm³/mol. The highest BCUT2D eigenvalue weighted by atomic mass is 16.6. The quantitative estimate of drug-likeness (QED) is 0.351. The normalized spacial score (nSPS) is 22.3. The third kappa shape index (κ3) is 3.72. The fourth-order valence-electron chi connectivity index (χ4n) is 6.32. The Balaban J connectivity index is 1.14. The number of hydrogen-bond donors (Lipinski definition) is 0. The van der Waals surface area contributed by atoms with Crippen LogP contribution in [-0.2, 0) is 4.74 Å². The van der Waals surface area contributed by atoms with Crippen LogP contribution in [0.4, 0.5) is 4.79 Å². The second-order valence-electron chi connectivity index (χ2n) is 9.85. The minimum Gasteiger partial charge on any atom is -0.448 e. The highest BCUT2D eigenvalue weighted by Gasteiger charge is 2.46. The van der Waals surface area contributed by atoms with Crippen LogP contribution in [0.1, 0.15) is 58.6 Å². The van der Waals surface area contributed by atoms with Crippen molar-refractivity contribution >= 4 is 11.9 Å². The summed E-state index contributed by atoms with van der Waals surface area (Å²) < 4.78 is 5.95. The van der Waals surface area contributed by atoms with E-state index in [1.54, 1.807) is 0 Å². The smallest absolute Gasteiger partial charge is 0.410 e. The molecule has 0 aromatic heterocycles. The standard InChI is InChI=1S/C31H27NO3/c1-2-20-11-13-21(14-12-20)30(33)22-17-23-15-16-24(18-22)32(23)31(34)35-19-29-27-9-5-3-7-25(27)26-8-4-6-10-28(26)29/h1,3-14,22-24,29H,15-19H2. The van der Waals surface area contributed by atoms with Crippen molar-refractivity contribution < 1.29 is 14.3 Å². The number of carbonyl (C=O) groups is 2. The number of ketones is 1. The zero-order valence-electron chi connectivity index (χ0n) is 19.5. The maximum atomic E-state index is 13.3. The number of piperidine rings is 1. The Morgan fingerprint density at radius 2 is 1.43 bits per heavy atom. The Hall–Kier alpha value is -3.84. The van der Waals surface area contributed by atoms with E-state index >= 15 is 0 Å². The second-order valence-corrected chi connectivity index (χ2v) is 9.85. The molecule has 2 bridgehead atoms. The molecular formula is C31H27NO3. The van der Waals surface area contributed by atoms with Gasteiger partial charge in [-0.05, 0) is 60.1 Å². The monoisotopic (exact) mass is 461 g/mol. The molecule has 4 heteroatoms. The molecule has 3 aromatic rings. The van der Waals surface area contributed by atoms with Crippen molar-refractivity contribution in [3.8, 4) is 23.5 Å². The molecule has 6 rings (SSSR count). The fourth-order valence-corrected chi connectivity index (χ4v) is 6.32. The first-order valence-corrected chi connectivity index (χ1v) is 12.4. The first kappa shape index (κ1) is 21.7. The summed E-state index contributed by atoms with van der Waals surface area (Å²) in [5.74, 6) is 2.72. The first-order chi connectivity index (χ1) is 17.1. The molecule has 174 valence electrons. The molecule has 4 nitrogen and oxygen atoms in total. The molecular weight excluding hydrogens is 434 g/mol. The number of benzene rings is 3.